The second kappa shape index (κ2) is 9.59. The number of nitrogens with zero attached hydrogens (tertiary/aromatic N) is 6. The Labute approximate surface area is 206 Å². The summed E-state index contributed by atoms with van der Waals surface area (Å²) in [6.07, 6.45) is 1.34. The number of aromatic nitrogens is 4. The number of anilines is 2. The number of hydrogen-bond donors (Lipinski definition) is 2. The third-order valence-corrected chi connectivity index (χ3v) is 5.99. The monoisotopic (exact) mass is 486 g/mol. The number of nitrogens with one attached hydrogen (secondary N) is 1. The molecule has 4 aromatic rings. The van der Waals surface area contributed by atoms with Gasteiger partial charge in [-0.3, -0.25) is 9.36 Å². The largest absolute Gasteiger partial charge is 0.378 e. The van der Waals surface area contributed by atoms with Gasteiger partial charge in [-0.1, -0.05) is 18.2 Å². The van der Waals surface area contributed by atoms with E-state index in [4.69, 9.17) is 15.5 Å². The number of amides is 1. The molecule has 1 aliphatic rings. The Morgan fingerprint density at radius 2 is 1.94 bits per heavy atom. The number of fused-ring (bicyclic) bond motifs is 1. The molecule has 2 aromatic heterocycles. The lowest BCUT2D eigenvalue weighted by Gasteiger charge is -2.27. The van der Waals surface area contributed by atoms with Crippen LogP contribution in [0.2, 0.25) is 0 Å². The van der Waals surface area contributed by atoms with Crippen LogP contribution in [0.4, 0.5) is 16.2 Å². The molecule has 0 unspecified atom stereocenters. The molecule has 5 rings (SSSR count). The smallest absolute Gasteiger partial charge is 0.259 e. The summed E-state index contributed by atoms with van der Waals surface area (Å²) in [4.78, 5) is 27.9. The zero-order valence-corrected chi connectivity index (χ0v) is 19.5. The molecule has 3 N–H and O–H groups in total. The van der Waals surface area contributed by atoms with E-state index in [9.17, 15) is 10.1 Å². The van der Waals surface area contributed by atoms with Gasteiger partial charge in [-0.25, -0.2) is 14.4 Å². The number of nitrogens with two attached hydrogens (primary N) is 1. The molecule has 0 spiro atoms. The lowest BCUT2D eigenvalue weighted by Crippen LogP contribution is -2.41. The molecule has 0 bridgehead atoms. The van der Waals surface area contributed by atoms with E-state index in [1.54, 1.807) is 15.5 Å². The second-order valence-electron chi connectivity index (χ2n) is 8.30. The molecule has 1 aliphatic heterocycles. The van der Waals surface area contributed by atoms with Crippen molar-refractivity contribution in [3.8, 4) is 11.8 Å². The number of imidazole rings is 1. The minimum absolute atomic E-state index is 0.0146. The highest BCUT2D eigenvalue weighted by molar-refractivity contribution is 6.06. The first-order valence-corrected chi connectivity index (χ1v) is 11.4. The summed E-state index contributed by atoms with van der Waals surface area (Å²) in [6.45, 7) is 3.39. The van der Waals surface area contributed by atoms with E-state index in [1.807, 2.05) is 43.3 Å². The van der Waals surface area contributed by atoms with Gasteiger partial charge in [0.1, 0.15) is 34.7 Å². The first-order valence-electron chi connectivity index (χ1n) is 11.4. The predicted octanol–water partition coefficient (Wildman–Crippen LogP) is 3.05. The number of rotatable bonds is 5. The highest BCUT2D eigenvalue weighted by Gasteiger charge is 2.29. The molecular weight excluding hydrogens is 463 g/mol. The van der Waals surface area contributed by atoms with Crippen LogP contribution in [0, 0.1) is 17.1 Å². The van der Waals surface area contributed by atoms with E-state index in [-0.39, 0.29) is 22.9 Å². The van der Waals surface area contributed by atoms with Crippen molar-refractivity contribution in [3.63, 3.8) is 0 Å². The molecule has 3 heterocycles. The van der Waals surface area contributed by atoms with Gasteiger partial charge >= 0.3 is 0 Å². The third kappa shape index (κ3) is 4.18. The molecule has 2 aromatic carbocycles. The lowest BCUT2D eigenvalue weighted by atomic mass is 10.1. The number of nitriles is 1. The van der Waals surface area contributed by atoms with Gasteiger partial charge in [-0.05, 0) is 31.2 Å². The Morgan fingerprint density at radius 3 is 2.67 bits per heavy atom. The van der Waals surface area contributed by atoms with Gasteiger partial charge in [-0.15, -0.1) is 0 Å². The van der Waals surface area contributed by atoms with Gasteiger partial charge < -0.3 is 20.7 Å². The quantitative estimate of drug-likeness (QED) is 0.439. The first-order chi connectivity index (χ1) is 17.5. The number of carbonyl (C=O) groups is 1. The van der Waals surface area contributed by atoms with Crippen LogP contribution in [0.15, 0.2) is 48.7 Å². The van der Waals surface area contributed by atoms with E-state index in [1.165, 1.54) is 12.3 Å². The summed E-state index contributed by atoms with van der Waals surface area (Å²) >= 11 is 0. The maximum atomic E-state index is 15.3. The number of nitrogen functional groups attached to an aromatic ring is 1. The van der Waals surface area contributed by atoms with Crippen LogP contribution in [-0.4, -0.2) is 56.6 Å². The van der Waals surface area contributed by atoms with Crippen LogP contribution in [0.3, 0.4) is 0 Å². The van der Waals surface area contributed by atoms with Crippen LogP contribution in [0.25, 0.3) is 16.7 Å². The van der Waals surface area contributed by atoms with Gasteiger partial charge in [-0.2, -0.15) is 10.2 Å². The Morgan fingerprint density at radius 1 is 1.19 bits per heavy atom. The first kappa shape index (κ1) is 23.2. The van der Waals surface area contributed by atoms with E-state index in [2.05, 4.69) is 15.3 Å². The molecule has 1 amide bonds. The maximum absolute atomic E-state index is 15.3. The number of morpholine rings is 1. The number of ether oxygens (including phenoxy) is 1. The standard InChI is InChI=1S/C25H23FN8O2/c1-15(30-22-16(13-27)14-29-25(28)32-22)23-31-19-8-7-18(26)20(24(35)33-9-11-36-12-10-33)21(19)34(23)17-5-3-2-4-6-17/h2-8,14-15H,9-12H2,1H3,(H3,28,29,30,32)/t15-/m0/s1. The SMILES string of the molecule is C[C@H](Nc1nc(N)ncc1C#N)c1nc2ccc(F)c(C(=O)N3CCOCC3)c2n1-c1ccccc1. The van der Waals surface area contributed by atoms with Crippen LogP contribution in [-0.2, 0) is 4.74 Å². The topological polar surface area (TPSA) is 135 Å². The van der Waals surface area contributed by atoms with Crippen molar-refractivity contribution >= 4 is 28.7 Å². The number of carbonyl (C=O) groups excluding carboxylic acids is 1. The molecular formula is C25H23FN8O2. The van der Waals surface area contributed by atoms with Crippen molar-refractivity contribution < 1.29 is 13.9 Å². The summed E-state index contributed by atoms with van der Waals surface area (Å²) in [5.74, 6) is -0.279. The fraction of sp³-hybridized carbons (Fsp3) is 0.240. The molecule has 36 heavy (non-hydrogen) atoms. The molecule has 182 valence electrons. The molecule has 10 nitrogen and oxygen atoms in total. The molecule has 0 saturated carbocycles. The van der Waals surface area contributed by atoms with Crippen molar-refractivity contribution in [2.75, 3.05) is 37.4 Å². The van der Waals surface area contributed by atoms with Crippen molar-refractivity contribution in [1.82, 2.24) is 24.4 Å². The minimum atomic E-state index is -0.626. The van der Waals surface area contributed by atoms with Gasteiger partial charge in [0.05, 0.1) is 36.5 Å². The number of hydrogen-bond acceptors (Lipinski definition) is 8. The normalized spacial score (nSPS) is 14.4. The molecule has 0 radical (unpaired) electrons. The third-order valence-electron chi connectivity index (χ3n) is 5.99. The van der Waals surface area contributed by atoms with Crippen molar-refractivity contribution in [2.45, 2.75) is 13.0 Å². The van der Waals surface area contributed by atoms with Crippen LogP contribution in [0.1, 0.15) is 34.7 Å². The number of benzene rings is 2. The zero-order valence-electron chi connectivity index (χ0n) is 19.5. The van der Waals surface area contributed by atoms with Crippen molar-refractivity contribution in [1.29, 1.82) is 5.26 Å². The van der Waals surface area contributed by atoms with Crippen molar-refractivity contribution in [3.05, 3.63) is 71.4 Å². The predicted molar refractivity (Wildman–Crippen MR) is 131 cm³/mol. The van der Waals surface area contributed by atoms with E-state index in [0.717, 1.165) is 0 Å². The van der Waals surface area contributed by atoms with Crippen LogP contribution < -0.4 is 11.1 Å². The molecule has 1 atom stereocenters. The molecule has 1 saturated heterocycles. The van der Waals surface area contributed by atoms with Gasteiger partial charge in [0.15, 0.2) is 0 Å². The average Bonchev–Trinajstić information content (AvgIpc) is 3.29. The lowest BCUT2D eigenvalue weighted by molar-refractivity contribution is 0.0301. The number of para-hydroxylation sites is 1. The average molecular weight is 487 g/mol. The highest BCUT2D eigenvalue weighted by atomic mass is 19.1. The van der Waals surface area contributed by atoms with Crippen LogP contribution >= 0.6 is 0 Å². The van der Waals surface area contributed by atoms with Gasteiger partial charge in [0.25, 0.3) is 5.91 Å². The Bertz CT molecular complexity index is 1480. The van der Waals surface area contributed by atoms with Crippen LogP contribution in [0.5, 0.6) is 0 Å². The summed E-state index contributed by atoms with van der Waals surface area (Å²) in [5, 5.41) is 12.6. The Hall–Kier alpha value is -4.56. The summed E-state index contributed by atoms with van der Waals surface area (Å²) in [5.41, 5.74) is 7.43. The van der Waals surface area contributed by atoms with Crippen molar-refractivity contribution in [2.24, 2.45) is 0 Å². The second-order valence-corrected chi connectivity index (χ2v) is 8.30. The van der Waals surface area contributed by atoms with E-state index < -0.39 is 17.8 Å². The summed E-state index contributed by atoms with van der Waals surface area (Å²) < 4.78 is 22.4. The molecule has 1 fully saturated rings. The summed E-state index contributed by atoms with van der Waals surface area (Å²) in [7, 11) is 0. The zero-order chi connectivity index (χ0) is 25.2. The fourth-order valence-electron chi connectivity index (χ4n) is 4.27. The summed E-state index contributed by atoms with van der Waals surface area (Å²) in [6, 6.07) is 13.6. The van der Waals surface area contributed by atoms with Gasteiger partial charge in [0, 0.05) is 18.8 Å². The number of halogens is 1. The Balaban J connectivity index is 1.69. The maximum Gasteiger partial charge on any atom is 0.259 e. The van der Waals surface area contributed by atoms with Gasteiger partial charge in [0.2, 0.25) is 5.95 Å². The Kier molecular flexibility index (Phi) is 6.18. The minimum Gasteiger partial charge on any atom is -0.378 e. The fourth-order valence-corrected chi connectivity index (χ4v) is 4.27. The molecule has 11 heteroatoms. The van der Waals surface area contributed by atoms with E-state index >= 15 is 4.39 Å². The molecule has 0 aliphatic carbocycles. The van der Waals surface area contributed by atoms with E-state index in [0.29, 0.717) is 48.8 Å². The highest BCUT2D eigenvalue weighted by Crippen LogP contribution is 2.32.